The Labute approximate surface area is 99.3 Å². The molecule has 0 unspecified atom stereocenters. The lowest BCUT2D eigenvalue weighted by molar-refractivity contribution is 0.619. The average Bonchev–Trinajstić information content (AvgIpc) is 2.58. The zero-order chi connectivity index (χ0) is 10.8. The Kier molecular flexibility index (Phi) is 3.02. The maximum atomic E-state index is 13.2. The van der Waals surface area contributed by atoms with Gasteiger partial charge in [-0.3, -0.25) is 0 Å². The molecule has 0 saturated heterocycles. The third-order valence-corrected chi connectivity index (χ3v) is 3.37. The van der Waals surface area contributed by atoms with E-state index in [4.69, 9.17) is 0 Å². The molecular formula is C10H8BrFN2S. The van der Waals surface area contributed by atoms with E-state index < -0.39 is 0 Å². The predicted octanol–water partition coefficient (Wildman–Crippen LogP) is 4.10. The topological polar surface area (TPSA) is 24.9 Å². The van der Waals surface area contributed by atoms with Crippen molar-refractivity contribution in [3.05, 3.63) is 39.6 Å². The number of aryl methyl sites for hydroxylation is 1. The van der Waals surface area contributed by atoms with Gasteiger partial charge in [-0.1, -0.05) is 6.07 Å². The van der Waals surface area contributed by atoms with Crippen molar-refractivity contribution < 1.29 is 4.39 Å². The van der Waals surface area contributed by atoms with Crippen molar-refractivity contribution in [1.29, 1.82) is 0 Å². The zero-order valence-corrected chi connectivity index (χ0v) is 10.3. The number of benzene rings is 1. The molecule has 1 N–H and O–H groups in total. The maximum Gasteiger partial charge on any atom is 0.188 e. The van der Waals surface area contributed by atoms with Crippen molar-refractivity contribution in [2.75, 3.05) is 5.32 Å². The summed E-state index contributed by atoms with van der Waals surface area (Å²) in [5, 5.41) is 5.64. The first-order valence-electron chi connectivity index (χ1n) is 4.29. The summed E-state index contributed by atoms with van der Waals surface area (Å²) in [6, 6.07) is 5.03. The third kappa shape index (κ3) is 2.54. The summed E-state index contributed by atoms with van der Waals surface area (Å²) < 4.78 is 14.0. The third-order valence-electron chi connectivity index (χ3n) is 1.90. The Hall–Kier alpha value is -0.940. The van der Waals surface area contributed by atoms with Crippen molar-refractivity contribution in [3.63, 3.8) is 0 Å². The number of thiazole rings is 1. The van der Waals surface area contributed by atoms with Crippen LogP contribution in [0.15, 0.2) is 28.2 Å². The molecule has 1 heterocycles. The van der Waals surface area contributed by atoms with Crippen LogP contribution < -0.4 is 5.32 Å². The predicted molar refractivity (Wildman–Crippen MR) is 64.2 cm³/mol. The van der Waals surface area contributed by atoms with E-state index in [1.54, 1.807) is 13.0 Å². The zero-order valence-electron chi connectivity index (χ0n) is 7.92. The highest BCUT2D eigenvalue weighted by Gasteiger charge is 2.02. The summed E-state index contributed by atoms with van der Waals surface area (Å²) >= 11 is 4.72. The molecule has 0 bridgehead atoms. The van der Waals surface area contributed by atoms with E-state index in [-0.39, 0.29) is 5.82 Å². The van der Waals surface area contributed by atoms with Crippen LogP contribution in [0.3, 0.4) is 0 Å². The van der Waals surface area contributed by atoms with E-state index in [0.29, 0.717) is 11.3 Å². The number of hydrogen-bond donors (Lipinski definition) is 1. The van der Waals surface area contributed by atoms with Crippen LogP contribution in [0.1, 0.15) is 5.56 Å². The minimum atomic E-state index is -0.212. The first-order valence-corrected chi connectivity index (χ1v) is 5.96. The molecule has 0 radical (unpaired) electrons. The van der Waals surface area contributed by atoms with Crippen LogP contribution in [0.5, 0.6) is 0 Å². The lowest BCUT2D eigenvalue weighted by atomic mass is 10.2. The van der Waals surface area contributed by atoms with Crippen LogP contribution in [0.4, 0.5) is 15.2 Å². The average molecular weight is 287 g/mol. The summed E-state index contributed by atoms with van der Waals surface area (Å²) in [7, 11) is 0. The molecule has 15 heavy (non-hydrogen) atoms. The highest BCUT2D eigenvalue weighted by molar-refractivity contribution is 9.10. The molecule has 0 aliphatic heterocycles. The van der Waals surface area contributed by atoms with Crippen molar-refractivity contribution in [3.8, 4) is 0 Å². The number of halogens is 2. The van der Waals surface area contributed by atoms with Crippen LogP contribution in [-0.2, 0) is 0 Å². The van der Waals surface area contributed by atoms with Crippen molar-refractivity contribution >= 4 is 38.1 Å². The second kappa shape index (κ2) is 4.28. The highest BCUT2D eigenvalue weighted by atomic mass is 79.9. The minimum Gasteiger partial charge on any atom is -0.331 e. The summed E-state index contributed by atoms with van der Waals surface area (Å²) in [5.74, 6) is -0.212. The molecule has 1 aromatic carbocycles. The molecule has 0 atom stereocenters. The van der Waals surface area contributed by atoms with Crippen LogP contribution >= 0.6 is 27.3 Å². The molecular weight excluding hydrogens is 279 g/mol. The number of anilines is 2. The van der Waals surface area contributed by atoms with Crippen LogP contribution in [0.25, 0.3) is 0 Å². The van der Waals surface area contributed by atoms with Gasteiger partial charge in [0.05, 0.1) is 0 Å². The fraction of sp³-hybridized carbons (Fsp3) is 0.100. The van der Waals surface area contributed by atoms with Gasteiger partial charge in [0, 0.05) is 11.1 Å². The molecule has 2 aromatic rings. The van der Waals surface area contributed by atoms with Gasteiger partial charge in [-0.05, 0) is 40.5 Å². The first kappa shape index (κ1) is 10.6. The van der Waals surface area contributed by atoms with Crippen LogP contribution in [-0.4, -0.2) is 4.98 Å². The van der Waals surface area contributed by atoms with Gasteiger partial charge in [0.15, 0.2) is 5.13 Å². The van der Waals surface area contributed by atoms with E-state index in [1.165, 1.54) is 17.4 Å². The molecule has 0 amide bonds. The van der Waals surface area contributed by atoms with Gasteiger partial charge in [0.2, 0.25) is 0 Å². The molecule has 0 saturated carbocycles. The fourth-order valence-corrected chi connectivity index (χ4v) is 2.27. The highest BCUT2D eigenvalue weighted by Crippen LogP contribution is 2.24. The van der Waals surface area contributed by atoms with Crippen molar-refractivity contribution in [2.24, 2.45) is 0 Å². The smallest absolute Gasteiger partial charge is 0.188 e. The Morgan fingerprint density at radius 2 is 2.27 bits per heavy atom. The van der Waals surface area contributed by atoms with Crippen LogP contribution in [0.2, 0.25) is 0 Å². The molecule has 1 aromatic heterocycles. The Bertz CT molecular complexity index is 484. The fourth-order valence-electron chi connectivity index (χ4n) is 1.11. The number of nitrogens with one attached hydrogen (secondary N) is 1. The van der Waals surface area contributed by atoms with E-state index in [2.05, 4.69) is 26.2 Å². The standard InChI is InChI=1S/C10H8BrFN2S/c1-6-2-3-7(4-8(6)12)13-10-14-9(11)5-15-10/h2-5H,1H3,(H,13,14). The minimum absolute atomic E-state index is 0.212. The number of rotatable bonds is 2. The number of hydrogen-bond acceptors (Lipinski definition) is 3. The molecule has 5 heteroatoms. The van der Waals surface area contributed by atoms with Gasteiger partial charge in [0.1, 0.15) is 10.4 Å². The Morgan fingerprint density at radius 1 is 1.47 bits per heavy atom. The van der Waals surface area contributed by atoms with E-state index >= 15 is 0 Å². The SMILES string of the molecule is Cc1ccc(Nc2nc(Br)cs2)cc1F. The van der Waals surface area contributed by atoms with Crippen molar-refractivity contribution in [1.82, 2.24) is 4.98 Å². The first-order chi connectivity index (χ1) is 7.15. The summed E-state index contributed by atoms with van der Waals surface area (Å²) in [4.78, 5) is 4.16. The van der Waals surface area contributed by atoms with Gasteiger partial charge >= 0.3 is 0 Å². The molecule has 78 valence electrons. The van der Waals surface area contributed by atoms with Gasteiger partial charge in [-0.2, -0.15) is 0 Å². The molecule has 0 aliphatic rings. The molecule has 0 spiro atoms. The monoisotopic (exact) mass is 286 g/mol. The quantitative estimate of drug-likeness (QED) is 0.899. The molecule has 0 aliphatic carbocycles. The molecule has 2 rings (SSSR count). The van der Waals surface area contributed by atoms with Gasteiger partial charge in [0.25, 0.3) is 0 Å². The maximum absolute atomic E-state index is 13.2. The molecule has 0 fully saturated rings. The normalized spacial score (nSPS) is 10.3. The number of nitrogens with zero attached hydrogens (tertiary/aromatic N) is 1. The van der Waals surface area contributed by atoms with Gasteiger partial charge in [-0.25, -0.2) is 9.37 Å². The van der Waals surface area contributed by atoms with E-state index in [9.17, 15) is 4.39 Å². The second-order valence-electron chi connectivity index (χ2n) is 3.06. The Morgan fingerprint density at radius 3 is 2.87 bits per heavy atom. The van der Waals surface area contributed by atoms with Gasteiger partial charge in [-0.15, -0.1) is 11.3 Å². The summed E-state index contributed by atoms with van der Waals surface area (Å²) in [6.07, 6.45) is 0. The van der Waals surface area contributed by atoms with Crippen molar-refractivity contribution in [2.45, 2.75) is 6.92 Å². The molecule has 2 nitrogen and oxygen atoms in total. The van der Waals surface area contributed by atoms with Gasteiger partial charge < -0.3 is 5.32 Å². The van der Waals surface area contributed by atoms with E-state index in [1.807, 2.05) is 11.4 Å². The largest absolute Gasteiger partial charge is 0.331 e. The second-order valence-corrected chi connectivity index (χ2v) is 4.73. The summed E-state index contributed by atoms with van der Waals surface area (Å²) in [5.41, 5.74) is 1.35. The lowest BCUT2D eigenvalue weighted by Crippen LogP contribution is -1.91. The summed E-state index contributed by atoms with van der Waals surface area (Å²) in [6.45, 7) is 1.74. The number of aromatic nitrogens is 1. The van der Waals surface area contributed by atoms with Crippen LogP contribution in [0, 0.1) is 12.7 Å². The lowest BCUT2D eigenvalue weighted by Gasteiger charge is -2.03. The van der Waals surface area contributed by atoms with E-state index in [0.717, 1.165) is 9.73 Å². The Balaban J connectivity index is 2.21.